The number of methoxy groups -OCH3 is 2. The Morgan fingerprint density at radius 2 is 2.06 bits per heavy atom. The van der Waals surface area contributed by atoms with Crippen molar-refractivity contribution in [3.05, 3.63) is 23.8 Å². The average Bonchev–Trinajstić information content (AvgIpc) is 2.43. The lowest BCUT2D eigenvalue weighted by Crippen LogP contribution is -2.40. The Bertz CT molecular complexity index is 407. The van der Waals surface area contributed by atoms with Gasteiger partial charge in [0.15, 0.2) is 0 Å². The van der Waals surface area contributed by atoms with Crippen LogP contribution >= 0.6 is 0 Å². The van der Waals surface area contributed by atoms with E-state index in [1.54, 1.807) is 34.3 Å². The molecule has 0 aliphatic rings. The molecule has 1 rings (SSSR count). The summed E-state index contributed by atoms with van der Waals surface area (Å²) in [6.45, 7) is 2.23. The largest absolute Gasteiger partial charge is 0.497 e. The Hall–Kier alpha value is -1.75. The SMILES string of the molecule is CNC(C)C(=O)NCc1ccc(OC)cc1OC. The van der Waals surface area contributed by atoms with Gasteiger partial charge in [0.25, 0.3) is 0 Å². The van der Waals surface area contributed by atoms with Crippen LogP contribution in [0.3, 0.4) is 0 Å². The number of nitrogens with one attached hydrogen (secondary N) is 2. The average molecular weight is 252 g/mol. The predicted octanol–water partition coefficient (Wildman–Crippen LogP) is 0.928. The molecule has 100 valence electrons. The Kier molecular flexibility index (Phi) is 5.45. The number of carbonyl (C=O) groups is 1. The Morgan fingerprint density at radius 1 is 1.33 bits per heavy atom. The number of carbonyl (C=O) groups excluding carboxylic acids is 1. The molecule has 1 aromatic carbocycles. The first-order valence-corrected chi connectivity index (χ1v) is 5.78. The lowest BCUT2D eigenvalue weighted by atomic mass is 10.2. The molecule has 0 spiro atoms. The predicted molar refractivity (Wildman–Crippen MR) is 69.9 cm³/mol. The van der Waals surface area contributed by atoms with Crippen LogP contribution in [0.25, 0.3) is 0 Å². The van der Waals surface area contributed by atoms with E-state index in [0.29, 0.717) is 12.3 Å². The second-order valence-electron chi connectivity index (χ2n) is 3.91. The van der Waals surface area contributed by atoms with Gasteiger partial charge in [0.2, 0.25) is 5.91 Å². The molecule has 0 saturated carbocycles. The topological polar surface area (TPSA) is 59.6 Å². The Morgan fingerprint density at radius 3 is 2.61 bits per heavy atom. The number of likely N-dealkylation sites (N-methyl/N-ethyl adjacent to an activating group) is 1. The summed E-state index contributed by atoms with van der Waals surface area (Å²) in [7, 11) is 4.94. The molecule has 0 fully saturated rings. The third-order valence-corrected chi connectivity index (χ3v) is 2.77. The van der Waals surface area contributed by atoms with Crippen LogP contribution in [0.4, 0.5) is 0 Å². The minimum atomic E-state index is -0.214. The summed E-state index contributed by atoms with van der Waals surface area (Å²) in [5.74, 6) is 1.38. The molecule has 2 N–H and O–H groups in total. The fraction of sp³-hybridized carbons (Fsp3) is 0.462. The normalized spacial score (nSPS) is 11.8. The fourth-order valence-electron chi connectivity index (χ4n) is 1.46. The van der Waals surface area contributed by atoms with Crippen molar-refractivity contribution in [2.75, 3.05) is 21.3 Å². The van der Waals surface area contributed by atoms with Crippen molar-refractivity contribution >= 4 is 5.91 Å². The summed E-state index contributed by atoms with van der Waals surface area (Å²) in [6, 6.07) is 5.30. The van der Waals surface area contributed by atoms with Crippen molar-refractivity contribution in [3.8, 4) is 11.5 Å². The van der Waals surface area contributed by atoms with Gasteiger partial charge in [-0.05, 0) is 26.1 Å². The lowest BCUT2D eigenvalue weighted by Gasteiger charge is -2.13. The number of rotatable bonds is 6. The molecule has 1 unspecified atom stereocenters. The molecule has 5 heteroatoms. The van der Waals surface area contributed by atoms with Crippen LogP contribution in [-0.2, 0) is 11.3 Å². The standard InChI is InChI=1S/C13H20N2O3/c1-9(14-2)13(16)15-8-10-5-6-11(17-3)7-12(10)18-4/h5-7,9,14H,8H2,1-4H3,(H,15,16). The highest BCUT2D eigenvalue weighted by molar-refractivity contribution is 5.81. The smallest absolute Gasteiger partial charge is 0.237 e. The highest BCUT2D eigenvalue weighted by Gasteiger charge is 2.11. The number of ether oxygens (including phenoxy) is 2. The van der Waals surface area contributed by atoms with E-state index in [4.69, 9.17) is 9.47 Å². The van der Waals surface area contributed by atoms with Gasteiger partial charge in [-0.1, -0.05) is 0 Å². The molecule has 1 aromatic rings. The zero-order valence-corrected chi connectivity index (χ0v) is 11.2. The van der Waals surface area contributed by atoms with Crippen LogP contribution in [0.1, 0.15) is 12.5 Å². The summed E-state index contributed by atoms with van der Waals surface area (Å²) < 4.78 is 10.4. The third-order valence-electron chi connectivity index (χ3n) is 2.77. The molecule has 0 aromatic heterocycles. The van der Waals surface area contributed by atoms with E-state index in [1.165, 1.54) is 0 Å². The lowest BCUT2D eigenvalue weighted by molar-refractivity contribution is -0.122. The molecule has 0 saturated heterocycles. The van der Waals surface area contributed by atoms with Crippen LogP contribution < -0.4 is 20.1 Å². The van der Waals surface area contributed by atoms with Crippen molar-refractivity contribution in [2.24, 2.45) is 0 Å². The molecule has 0 radical (unpaired) electrons. The first-order chi connectivity index (χ1) is 8.62. The second-order valence-corrected chi connectivity index (χ2v) is 3.91. The molecule has 0 aliphatic heterocycles. The zero-order chi connectivity index (χ0) is 13.5. The van der Waals surface area contributed by atoms with Crippen molar-refractivity contribution in [3.63, 3.8) is 0 Å². The maximum absolute atomic E-state index is 11.6. The zero-order valence-electron chi connectivity index (χ0n) is 11.2. The minimum absolute atomic E-state index is 0.0460. The first-order valence-electron chi connectivity index (χ1n) is 5.78. The van der Waals surface area contributed by atoms with Crippen LogP contribution in [0.15, 0.2) is 18.2 Å². The molecule has 1 atom stereocenters. The van der Waals surface area contributed by atoms with E-state index in [-0.39, 0.29) is 11.9 Å². The van der Waals surface area contributed by atoms with E-state index in [1.807, 2.05) is 12.1 Å². The van der Waals surface area contributed by atoms with Gasteiger partial charge < -0.3 is 20.1 Å². The quantitative estimate of drug-likeness (QED) is 0.790. The summed E-state index contributed by atoms with van der Waals surface area (Å²) in [5.41, 5.74) is 0.912. The van der Waals surface area contributed by atoms with Crippen LogP contribution in [0.5, 0.6) is 11.5 Å². The van der Waals surface area contributed by atoms with Gasteiger partial charge >= 0.3 is 0 Å². The highest BCUT2D eigenvalue weighted by Crippen LogP contribution is 2.24. The van der Waals surface area contributed by atoms with Crippen molar-refractivity contribution in [1.82, 2.24) is 10.6 Å². The van der Waals surface area contributed by atoms with Crippen molar-refractivity contribution in [2.45, 2.75) is 19.5 Å². The summed E-state index contributed by atoms with van der Waals surface area (Å²) >= 11 is 0. The molecule has 1 amide bonds. The van der Waals surface area contributed by atoms with Crippen LogP contribution in [-0.4, -0.2) is 33.2 Å². The van der Waals surface area contributed by atoms with Gasteiger partial charge in [0.05, 0.1) is 20.3 Å². The summed E-state index contributed by atoms with van der Waals surface area (Å²) in [6.07, 6.45) is 0. The molecule has 18 heavy (non-hydrogen) atoms. The van der Waals surface area contributed by atoms with Crippen LogP contribution in [0.2, 0.25) is 0 Å². The number of hydrogen-bond donors (Lipinski definition) is 2. The fourth-order valence-corrected chi connectivity index (χ4v) is 1.46. The Balaban J connectivity index is 2.70. The van der Waals surface area contributed by atoms with Gasteiger partial charge in [0, 0.05) is 18.2 Å². The molecule has 0 aliphatic carbocycles. The number of amides is 1. The molecule has 0 heterocycles. The van der Waals surface area contributed by atoms with Gasteiger partial charge in [0.1, 0.15) is 11.5 Å². The molecular weight excluding hydrogens is 232 g/mol. The minimum Gasteiger partial charge on any atom is -0.497 e. The van der Waals surface area contributed by atoms with E-state index >= 15 is 0 Å². The van der Waals surface area contributed by atoms with Crippen molar-refractivity contribution in [1.29, 1.82) is 0 Å². The second kappa shape index (κ2) is 6.86. The molecule has 5 nitrogen and oxygen atoms in total. The van der Waals surface area contributed by atoms with E-state index in [2.05, 4.69) is 10.6 Å². The number of benzene rings is 1. The Labute approximate surface area is 107 Å². The maximum Gasteiger partial charge on any atom is 0.237 e. The van der Waals surface area contributed by atoms with Crippen molar-refractivity contribution < 1.29 is 14.3 Å². The maximum atomic E-state index is 11.6. The summed E-state index contributed by atoms with van der Waals surface area (Å²) in [4.78, 5) is 11.6. The molecular formula is C13H20N2O3. The first kappa shape index (κ1) is 14.3. The monoisotopic (exact) mass is 252 g/mol. The van der Waals surface area contributed by atoms with E-state index in [9.17, 15) is 4.79 Å². The van der Waals surface area contributed by atoms with Gasteiger partial charge in [-0.2, -0.15) is 0 Å². The van der Waals surface area contributed by atoms with Gasteiger partial charge in [-0.15, -0.1) is 0 Å². The van der Waals surface area contributed by atoms with Gasteiger partial charge in [-0.25, -0.2) is 0 Å². The van der Waals surface area contributed by atoms with Crippen LogP contribution in [0, 0.1) is 0 Å². The summed E-state index contributed by atoms with van der Waals surface area (Å²) in [5, 5.41) is 5.72. The van der Waals surface area contributed by atoms with E-state index in [0.717, 1.165) is 11.3 Å². The molecule has 0 bridgehead atoms. The third kappa shape index (κ3) is 3.63. The van der Waals surface area contributed by atoms with Gasteiger partial charge in [-0.3, -0.25) is 4.79 Å². The number of hydrogen-bond acceptors (Lipinski definition) is 4. The highest BCUT2D eigenvalue weighted by atomic mass is 16.5. The van der Waals surface area contributed by atoms with E-state index < -0.39 is 0 Å².